The molecule has 3 aromatic rings. The molecule has 0 atom stereocenters. The van der Waals surface area contributed by atoms with E-state index in [1.54, 1.807) is 7.11 Å². The average molecular weight is 369 g/mol. The van der Waals surface area contributed by atoms with Crippen LogP contribution in [0.15, 0.2) is 54.6 Å². The first kappa shape index (κ1) is 18.2. The van der Waals surface area contributed by atoms with Crippen LogP contribution in [-0.2, 0) is 4.74 Å². The van der Waals surface area contributed by atoms with Gasteiger partial charge in [0.1, 0.15) is 11.6 Å². The van der Waals surface area contributed by atoms with Gasteiger partial charge in [0, 0.05) is 36.0 Å². The van der Waals surface area contributed by atoms with Crippen molar-refractivity contribution < 1.29 is 4.74 Å². The summed E-state index contributed by atoms with van der Waals surface area (Å²) in [6.45, 7) is 3.27. The molecule has 2 aromatic carbocycles. The molecular formula is C20H21ClN4O. The first-order valence-electron chi connectivity index (χ1n) is 8.36. The number of methoxy groups -OCH3 is 1. The Kier molecular flexibility index (Phi) is 6.04. The summed E-state index contributed by atoms with van der Waals surface area (Å²) in [6.07, 6.45) is 0. The van der Waals surface area contributed by atoms with Crippen molar-refractivity contribution in [3.8, 4) is 11.4 Å². The van der Waals surface area contributed by atoms with Crippen LogP contribution in [0.25, 0.3) is 11.4 Å². The molecule has 0 aliphatic heterocycles. The van der Waals surface area contributed by atoms with Crippen LogP contribution in [0.2, 0.25) is 5.02 Å². The van der Waals surface area contributed by atoms with Gasteiger partial charge in [-0.05, 0) is 30.7 Å². The molecule has 0 fully saturated rings. The van der Waals surface area contributed by atoms with Gasteiger partial charge in [-0.2, -0.15) is 0 Å². The molecule has 2 N–H and O–H groups in total. The van der Waals surface area contributed by atoms with Crippen LogP contribution in [-0.4, -0.2) is 30.2 Å². The molecule has 0 aliphatic carbocycles. The van der Waals surface area contributed by atoms with Crippen LogP contribution in [0.1, 0.15) is 5.56 Å². The highest BCUT2D eigenvalue weighted by Gasteiger charge is 2.08. The zero-order valence-corrected chi connectivity index (χ0v) is 15.5. The third kappa shape index (κ3) is 4.71. The maximum atomic E-state index is 6.05. The van der Waals surface area contributed by atoms with Gasteiger partial charge in [-0.1, -0.05) is 41.9 Å². The number of ether oxygens (including phenoxy) is 1. The van der Waals surface area contributed by atoms with Gasteiger partial charge in [0.2, 0.25) is 0 Å². The van der Waals surface area contributed by atoms with E-state index in [9.17, 15) is 0 Å². The molecule has 3 rings (SSSR count). The van der Waals surface area contributed by atoms with Gasteiger partial charge in [0.15, 0.2) is 5.82 Å². The fourth-order valence-corrected chi connectivity index (χ4v) is 2.73. The van der Waals surface area contributed by atoms with Crippen molar-refractivity contribution in [3.63, 3.8) is 0 Å². The zero-order chi connectivity index (χ0) is 18.4. The van der Waals surface area contributed by atoms with Crippen molar-refractivity contribution in [3.05, 3.63) is 65.2 Å². The van der Waals surface area contributed by atoms with E-state index in [2.05, 4.69) is 20.6 Å². The highest BCUT2D eigenvalue weighted by molar-refractivity contribution is 6.30. The molecular weight excluding hydrogens is 348 g/mol. The van der Waals surface area contributed by atoms with Crippen LogP contribution in [0.3, 0.4) is 0 Å². The summed E-state index contributed by atoms with van der Waals surface area (Å²) < 4.78 is 5.10. The summed E-state index contributed by atoms with van der Waals surface area (Å²) in [6, 6.07) is 17.5. The second kappa shape index (κ2) is 8.65. The summed E-state index contributed by atoms with van der Waals surface area (Å²) in [7, 11) is 1.67. The number of benzene rings is 2. The number of rotatable bonds is 7. The molecule has 6 heteroatoms. The molecule has 0 unspecified atom stereocenters. The molecule has 0 saturated heterocycles. The summed E-state index contributed by atoms with van der Waals surface area (Å²) in [5.74, 6) is 2.11. The van der Waals surface area contributed by atoms with E-state index in [4.69, 9.17) is 16.3 Å². The molecule has 1 aromatic heterocycles. The Hall–Kier alpha value is -2.63. The molecule has 0 aliphatic rings. The van der Waals surface area contributed by atoms with E-state index in [1.165, 1.54) is 0 Å². The van der Waals surface area contributed by atoms with E-state index in [-0.39, 0.29) is 0 Å². The lowest BCUT2D eigenvalue weighted by Crippen LogP contribution is -2.10. The minimum Gasteiger partial charge on any atom is -0.383 e. The van der Waals surface area contributed by atoms with E-state index >= 15 is 0 Å². The largest absolute Gasteiger partial charge is 0.383 e. The molecule has 0 bridgehead atoms. The van der Waals surface area contributed by atoms with Crippen LogP contribution < -0.4 is 10.6 Å². The Morgan fingerprint density at radius 1 is 1.00 bits per heavy atom. The summed E-state index contributed by atoms with van der Waals surface area (Å²) in [4.78, 5) is 9.28. The minimum atomic E-state index is 0.601. The van der Waals surface area contributed by atoms with Gasteiger partial charge >= 0.3 is 0 Å². The Balaban J connectivity index is 1.93. The number of aryl methyl sites for hydroxylation is 1. The van der Waals surface area contributed by atoms with Crippen molar-refractivity contribution >= 4 is 28.9 Å². The van der Waals surface area contributed by atoms with Crippen molar-refractivity contribution in [2.45, 2.75) is 6.92 Å². The maximum absolute atomic E-state index is 6.05. The molecule has 0 radical (unpaired) electrons. The molecule has 0 saturated carbocycles. The first-order valence-corrected chi connectivity index (χ1v) is 8.74. The maximum Gasteiger partial charge on any atom is 0.163 e. The lowest BCUT2D eigenvalue weighted by Gasteiger charge is -2.13. The lowest BCUT2D eigenvalue weighted by atomic mass is 10.2. The monoisotopic (exact) mass is 368 g/mol. The van der Waals surface area contributed by atoms with Crippen molar-refractivity contribution in [1.82, 2.24) is 9.97 Å². The predicted octanol–water partition coefficient (Wildman–Crippen LogP) is 4.91. The number of halogens is 1. The normalized spacial score (nSPS) is 10.6. The van der Waals surface area contributed by atoms with Gasteiger partial charge < -0.3 is 15.4 Å². The first-order chi connectivity index (χ1) is 12.7. The van der Waals surface area contributed by atoms with Gasteiger partial charge in [-0.25, -0.2) is 9.97 Å². The summed E-state index contributed by atoms with van der Waals surface area (Å²) in [5, 5.41) is 7.34. The lowest BCUT2D eigenvalue weighted by molar-refractivity contribution is 0.210. The van der Waals surface area contributed by atoms with E-state index < -0.39 is 0 Å². The number of aromatic nitrogens is 2. The van der Waals surface area contributed by atoms with Crippen molar-refractivity contribution in [1.29, 1.82) is 0 Å². The molecule has 0 amide bonds. The predicted molar refractivity (Wildman–Crippen MR) is 107 cm³/mol. The number of anilines is 3. The van der Waals surface area contributed by atoms with Crippen LogP contribution >= 0.6 is 11.6 Å². The average Bonchev–Trinajstić information content (AvgIpc) is 2.65. The smallest absolute Gasteiger partial charge is 0.163 e. The van der Waals surface area contributed by atoms with Crippen LogP contribution in [0, 0.1) is 6.92 Å². The molecule has 26 heavy (non-hydrogen) atoms. The Labute approximate surface area is 158 Å². The minimum absolute atomic E-state index is 0.601. The molecule has 134 valence electrons. The van der Waals surface area contributed by atoms with E-state index in [1.807, 2.05) is 61.5 Å². The van der Waals surface area contributed by atoms with Gasteiger partial charge in [-0.3, -0.25) is 0 Å². The zero-order valence-electron chi connectivity index (χ0n) is 14.8. The summed E-state index contributed by atoms with van der Waals surface area (Å²) >= 11 is 6.05. The summed E-state index contributed by atoms with van der Waals surface area (Å²) in [5.41, 5.74) is 2.96. The third-order valence-electron chi connectivity index (χ3n) is 3.82. The Bertz CT molecular complexity index is 871. The van der Waals surface area contributed by atoms with Crippen LogP contribution in [0.5, 0.6) is 0 Å². The highest BCUT2D eigenvalue weighted by atomic mass is 35.5. The second-order valence-electron chi connectivity index (χ2n) is 5.83. The fourth-order valence-electron chi connectivity index (χ4n) is 2.50. The van der Waals surface area contributed by atoms with E-state index in [0.29, 0.717) is 29.8 Å². The molecule has 5 nitrogen and oxygen atoms in total. The van der Waals surface area contributed by atoms with Crippen molar-refractivity contribution in [2.75, 3.05) is 30.9 Å². The van der Waals surface area contributed by atoms with Gasteiger partial charge in [-0.15, -0.1) is 0 Å². The molecule has 1 heterocycles. The SMILES string of the molecule is COCCNc1cc(Nc2ccc(Cl)cc2C)nc(-c2ccccc2)n1. The topological polar surface area (TPSA) is 59.1 Å². The fraction of sp³-hybridized carbons (Fsp3) is 0.200. The highest BCUT2D eigenvalue weighted by Crippen LogP contribution is 2.26. The number of nitrogens with one attached hydrogen (secondary N) is 2. The quantitative estimate of drug-likeness (QED) is 0.580. The standard InChI is InChI=1S/C20H21ClN4O/c1-14-12-16(21)8-9-17(14)23-19-13-18(22-10-11-26-2)24-20(25-19)15-6-4-3-5-7-15/h3-9,12-13H,10-11H2,1-2H3,(H2,22,23,24,25). The number of hydrogen-bond acceptors (Lipinski definition) is 5. The van der Waals surface area contributed by atoms with Gasteiger partial charge in [0.05, 0.1) is 6.61 Å². The number of hydrogen-bond donors (Lipinski definition) is 2. The Morgan fingerprint density at radius 2 is 1.77 bits per heavy atom. The van der Waals surface area contributed by atoms with Gasteiger partial charge in [0.25, 0.3) is 0 Å². The number of nitrogens with zero attached hydrogens (tertiary/aromatic N) is 2. The van der Waals surface area contributed by atoms with E-state index in [0.717, 1.165) is 22.6 Å². The second-order valence-corrected chi connectivity index (χ2v) is 6.27. The Morgan fingerprint density at radius 3 is 2.50 bits per heavy atom. The van der Waals surface area contributed by atoms with Crippen LogP contribution in [0.4, 0.5) is 17.3 Å². The molecule has 0 spiro atoms. The van der Waals surface area contributed by atoms with Crippen molar-refractivity contribution in [2.24, 2.45) is 0 Å². The third-order valence-corrected chi connectivity index (χ3v) is 4.06.